The van der Waals surface area contributed by atoms with E-state index in [9.17, 15) is 9.90 Å². The van der Waals surface area contributed by atoms with E-state index in [0.29, 0.717) is 5.92 Å². The summed E-state index contributed by atoms with van der Waals surface area (Å²) in [7, 11) is 4.00. The summed E-state index contributed by atoms with van der Waals surface area (Å²) < 4.78 is 0. The first-order valence-electron chi connectivity index (χ1n) is 6.53. The van der Waals surface area contributed by atoms with E-state index in [1.165, 1.54) is 0 Å². The Labute approximate surface area is 104 Å². The molecule has 0 aromatic rings. The van der Waals surface area contributed by atoms with Crippen molar-refractivity contribution in [3.05, 3.63) is 0 Å². The quantitative estimate of drug-likeness (QED) is 0.765. The number of nitrogens with one attached hydrogen (secondary N) is 1. The SMILES string of the molecule is CC1CCCC(NCCN(C)C)(C(=O)O)C1C. The van der Waals surface area contributed by atoms with Crippen LogP contribution in [0.3, 0.4) is 0 Å². The van der Waals surface area contributed by atoms with Crippen LogP contribution in [-0.2, 0) is 4.79 Å². The summed E-state index contributed by atoms with van der Waals surface area (Å²) in [6, 6.07) is 0. The molecule has 0 aliphatic heterocycles. The van der Waals surface area contributed by atoms with Gasteiger partial charge in [0.1, 0.15) is 5.54 Å². The maximum Gasteiger partial charge on any atom is 0.324 e. The van der Waals surface area contributed by atoms with E-state index >= 15 is 0 Å². The lowest BCUT2D eigenvalue weighted by molar-refractivity contribution is -0.150. The van der Waals surface area contributed by atoms with Crippen molar-refractivity contribution in [1.29, 1.82) is 0 Å². The van der Waals surface area contributed by atoms with Crippen molar-refractivity contribution in [3.63, 3.8) is 0 Å². The van der Waals surface area contributed by atoms with Crippen molar-refractivity contribution in [2.45, 2.75) is 38.6 Å². The number of carboxylic acids is 1. The van der Waals surface area contributed by atoms with Gasteiger partial charge >= 0.3 is 5.97 Å². The molecule has 3 atom stereocenters. The minimum absolute atomic E-state index is 0.191. The molecule has 1 aliphatic rings. The molecule has 1 aliphatic carbocycles. The molecule has 100 valence electrons. The van der Waals surface area contributed by atoms with Gasteiger partial charge in [-0.1, -0.05) is 26.7 Å². The predicted octanol–water partition coefficient (Wildman–Crippen LogP) is 1.42. The number of carboxylic acid groups (broad SMARTS) is 1. The molecular formula is C13H26N2O2. The van der Waals surface area contributed by atoms with Gasteiger partial charge in [0.25, 0.3) is 0 Å². The Morgan fingerprint density at radius 3 is 2.65 bits per heavy atom. The smallest absolute Gasteiger partial charge is 0.324 e. The molecule has 0 heterocycles. The lowest BCUT2D eigenvalue weighted by Crippen LogP contribution is -2.60. The number of nitrogens with zero attached hydrogens (tertiary/aromatic N) is 1. The third kappa shape index (κ3) is 3.19. The molecule has 1 fully saturated rings. The van der Waals surface area contributed by atoms with E-state index in [1.807, 2.05) is 14.1 Å². The summed E-state index contributed by atoms with van der Waals surface area (Å²) in [5, 5.41) is 12.9. The molecular weight excluding hydrogens is 216 g/mol. The third-order valence-electron chi connectivity index (χ3n) is 4.24. The highest BCUT2D eigenvalue weighted by atomic mass is 16.4. The summed E-state index contributed by atoms with van der Waals surface area (Å²) in [4.78, 5) is 13.7. The van der Waals surface area contributed by atoms with Crippen LogP contribution >= 0.6 is 0 Å². The van der Waals surface area contributed by atoms with Gasteiger partial charge in [0.05, 0.1) is 0 Å². The topological polar surface area (TPSA) is 52.6 Å². The molecule has 2 N–H and O–H groups in total. The van der Waals surface area contributed by atoms with E-state index in [-0.39, 0.29) is 5.92 Å². The van der Waals surface area contributed by atoms with Gasteiger partial charge in [0.2, 0.25) is 0 Å². The molecule has 1 saturated carbocycles. The second-order valence-electron chi connectivity index (χ2n) is 5.66. The Bertz CT molecular complexity index is 268. The molecule has 0 bridgehead atoms. The molecule has 0 saturated heterocycles. The molecule has 3 unspecified atom stereocenters. The van der Waals surface area contributed by atoms with Crippen molar-refractivity contribution < 1.29 is 9.90 Å². The van der Waals surface area contributed by atoms with Gasteiger partial charge in [-0.25, -0.2) is 0 Å². The zero-order chi connectivity index (χ0) is 13.1. The van der Waals surface area contributed by atoms with Gasteiger partial charge in [0, 0.05) is 13.1 Å². The molecule has 0 amide bonds. The van der Waals surface area contributed by atoms with E-state index in [0.717, 1.165) is 32.4 Å². The largest absolute Gasteiger partial charge is 0.480 e. The van der Waals surface area contributed by atoms with Crippen LogP contribution in [0.4, 0.5) is 0 Å². The van der Waals surface area contributed by atoms with Gasteiger partial charge in [-0.2, -0.15) is 0 Å². The van der Waals surface area contributed by atoms with Crippen LogP contribution in [0, 0.1) is 11.8 Å². The van der Waals surface area contributed by atoms with Gasteiger partial charge < -0.3 is 15.3 Å². The Morgan fingerprint density at radius 2 is 2.12 bits per heavy atom. The van der Waals surface area contributed by atoms with E-state index < -0.39 is 11.5 Å². The highest BCUT2D eigenvalue weighted by Gasteiger charge is 2.47. The third-order valence-corrected chi connectivity index (χ3v) is 4.24. The van der Waals surface area contributed by atoms with Crippen LogP contribution in [0.2, 0.25) is 0 Å². The van der Waals surface area contributed by atoms with Crippen LogP contribution in [0.1, 0.15) is 33.1 Å². The zero-order valence-corrected chi connectivity index (χ0v) is 11.5. The molecule has 17 heavy (non-hydrogen) atoms. The highest BCUT2D eigenvalue weighted by Crippen LogP contribution is 2.37. The maximum atomic E-state index is 11.6. The van der Waals surface area contributed by atoms with E-state index in [1.54, 1.807) is 0 Å². The first-order chi connectivity index (χ1) is 7.90. The Balaban J connectivity index is 2.71. The molecule has 0 aromatic carbocycles. The summed E-state index contributed by atoms with van der Waals surface area (Å²) >= 11 is 0. The minimum atomic E-state index is -0.715. The first kappa shape index (κ1) is 14.5. The molecule has 4 heteroatoms. The fourth-order valence-electron chi connectivity index (χ4n) is 2.80. The van der Waals surface area contributed by atoms with Crippen molar-refractivity contribution in [3.8, 4) is 0 Å². The monoisotopic (exact) mass is 242 g/mol. The Morgan fingerprint density at radius 1 is 1.47 bits per heavy atom. The van der Waals surface area contributed by atoms with E-state index in [4.69, 9.17) is 0 Å². The van der Waals surface area contributed by atoms with Crippen LogP contribution in [0.25, 0.3) is 0 Å². The number of rotatable bonds is 5. The van der Waals surface area contributed by atoms with Gasteiger partial charge in [-0.15, -0.1) is 0 Å². The number of hydrogen-bond donors (Lipinski definition) is 2. The van der Waals surface area contributed by atoms with Gasteiger partial charge in [-0.05, 0) is 32.4 Å². The second-order valence-corrected chi connectivity index (χ2v) is 5.66. The first-order valence-corrected chi connectivity index (χ1v) is 6.53. The van der Waals surface area contributed by atoms with Crippen molar-refractivity contribution in [1.82, 2.24) is 10.2 Å². The van der Waals surface area contributed by atoms with Crippen molar-refractivity contribution >= 4 is 5.97 Å². The summed E-state index contributed by atoms with van der Waals surface area (Å²) in [6.07, 6.45) is 2.90. The van der Waals surface area contributed by atoms with Crippen LogP contribution in [0.5, 0.6) is 0 Å². The normalized spacial score (nSPS) is 33.9. The second kappa shape index (κ2) is 5.83. The molecule has 0 aromatic heterocycles. The molecule has 4 nitrogen and oxygen atoms in total. The summed E-state index contributed by atoms with van der Waals surface area (Å²) in [6.45, 7) is 5.84. The predicted molar refractivity (Wildman–Crippen MR) is 69.1 cm³/mol. The number of likely N-dealkylation sites (N-methyl/N-ethyl adjacent to an activating group) is 1. The number of carbonyl (C=O) groups is 1. The summed E-state index contributed by atoms with van der Waals surface area (Å²) in [5.41, 5.74) is -0.715. The molecule has 0 spiro atoms. The fraction of sp³-hybridized carbons (Fsp3) is 0.923. The van der Waals surface area contributed by atoms with Crippen LogP contribution in [0.15, 0.2) is 0 Å². The maximum absolute atomic E-state index is 11.6. The average molecular weight is 242 g/mol. The molecule has 1 rings (SSSR count). The summed E-state index contributed by atoms with van der Waals surface area (Å²) in [5.74, 6) is -0.0158. The average Bonchev–Trinajstić information content (AvgIpc) is 2.23. The standard InChI is InChI=1S/C13H26N2O2/c1-10-6-5-7-13(11(10)2,12(16)17)14-8-9-15(3)4/h10-11,14H,5-9H2,1-4H3,(H,16,17). The fourth-order valence-corrected chi connectivity index (χ4v) is 2.80. The minimum Gasteiger partial charge on any atom is -0.480 e. The number of aliphatic carboxylic acids is 1. The van der Waals surface area contributed by atoms with Crippen LogP contribution in [-0.4, -0.2) is 48.7 Å². The lowest BCUT2D eigenvalue weighted by atomic mass is 9.68. The van der Waals surface area contributed by atoms with Gasteiger partial charge in [-0.3, -0.25) is 4.79 Å². The van der Waals surface area contributed by atoms with Crippen molar-refractivity contribution in [2.75, 3.05) is 27.2 Å². The van der Waals surface area contributed by atoms with E-state index in [2.05, 4.69) is 24.1 Å². The zero-order valence-electron chi connectivity index (χ0n) is 11.5. The van der Waals surface area contributed by atoms with Gasteiger partial charge in [0.15, 0.2) is 0 Å². The van der Waals surface area contributed by atoms with Crippen molar-refractivity contribution in [2.24, 2.45) is 11.8 Å². The Kier molecular flexibility index (Phi) is 4.95. The highest BCUT2D eigenvalue weighted by molar-refractivity contribution is 5.79. The van der Waals surface area contributed by atoms with Crippen LogP contribution < -0.4 is 5.32 Å². The number of hydrogen-bond acceptors (Lipinski definition) is 3. The Hall–Kier alpha value is -0.610. The molecule has 0 radical (unpaired) electrons. The lowest BCUT2D eigenvalue weighted by Gasteiger charge is -2.43.